The molecule has 0 aliphatic heterocycles. The standard InChI is InChI=1S/C14H21N3O2/c1-4-5-11(15)14(19)17-12-7-6-9(2)8-10(12)13(18)16-3/h6-8,11H,4-5,15H2,1-3H3,(H,16,18)(H,17,19). The molecule has 1 unspecified atom stereocenters. The fourth-order valence-corrected chi connectivity index (χ4v) is 1.76. The SMILES string of the molecule is CCCC(N)C(=O)Nc1ccc(C)cc1C(=O)NC. The molecule has 0 bridgehead atoms. The summed E-state index contributed by atoms with van der Waals surface area (Å²) in [5, 5.41) is 5.27. The molecule has 1 aromatic carbocycles. The van der Waals surface area contributed by atoms with Crippen LogP contribution < -0.4 is 16.4 Å². The molecule has 0 aliphatic carbocycles. The monoisotopic (exact) mass is 263 g/mol. The second-order valence-electron chi connectivity index (χ2n) is 4.51. The molecule has 1 atom stereocenters. The van der Waals surface area contributed by atoms with E-state index in [1.54, 1.807) is 19.2 Å². The molecule has 5 nitrogen and oxygen atoms in total. The van der Waals surface area contributed by atoms with Crippen molar-refractivity contribution in [3.8, 4) is 0 Å². The van der Waals surface area contributed by atoms with Gasteiger partial charge in [-0.3, -0.25) is 9.59 Å². The molecule has 0 aliphatic rings. The summed E-state index contributed by atoms with van der Waals surface area (Å²) >= 11 is 0. The fraction of sp³-hybridized carbons (Fsp3) is 0.429. The number of benzene rings is 1. The molecule has 2 amide bonds. The van der Waals surface area contributed by atoms with Gasteiger partial charge in [0.2, 0.25) is 5.91 Å². The van der Waals surface area contributed by atoms with Crippen LogP contribution in [0.5, 0.6) is 0 Å². The maximum Gasteiger partial charge on any atom is 0.253 e. The fourth-order valence-electron chi connectivity index (χ4n) is 1.76. The van der Waals surface area contributed by atoms with E-state index in [4.69, 9.17) is 5.73 Å². The number of nitrogens with one attached hydrogen (secondary N) is 2. The lowest BCUT2D eigenvalue weighted by molar-refractivity contribution is -0.117. The largest absolute Gasteiger partial charge is 0.355 e. The lowest BCUT2D eigenvalue weighted by Gasteiger charge is -2.14. The first-order valence-corrected chi connectivity index (χ1v) is 6.38. The molecule has 0 radical (unpaired) electrons. The normalized spacial score (nSPS) is 11.8. The first-order chi connectivity index (χ1) is 8.99. The van der Waals surface area contributed by atoms with Gasteiger partial charge < -0.3 is 16.4 Å². The van der Waals surface area contributed by atoms with Crippen LogP contribution in [0.4, 0.5) is 5.69 Å². The Balaban J connectivity index is 2.94. The van der Waals surface area contributed by atoms with Crippen LogP contribution in [0.2, 0.25) is 0 Å². The van der Waals surface area contributed by atoms with Crippen molar-refractivity contribution in [3.05, 3.63) is 29.3 Å². The highest BCUT2D eigenvalue weighted by molar-refractivity contribution is 6.04. The van der Waals surface area contributed by atoms with Crippen molar-refractivity contribution in [1.29, 1.82) is 0 Å². The summed E-state index contributed by atoms with van der Waals surface area (Å²) in [6.45, 7) is 3.86. The Morgan fingerprint density at radius 1 is 1.37 bits per heavy atom. The summed E-state index contributed by atoms with van der Waals surface area (Å²) in [4.78, 5) is 23.7. The molecule has 104 valence electrons. The maximum atomic E-state index is 11.9. The molecule has 1 aromatic rings. The van der Waals surface area contributed by atoms with Crippen LogP contribution >= 0.6 is 0 Å². The summed E-state index contributed by atoms with van der Waals surface area (Å²) in [7, 11) is 1.55. The number of nitrogens with two attached hydrogens (primary N) is 1. The molecule has 4 N–H and O–H groups in total. The van der Waals surface area contributed by atoms with E-state index >= 15 is 0 Å². The highest BCUT2D eigenvalue weighted by Gasteiger charge is 2.16. The van der Waals surface area contributed by atoms with E-state index in [2.05, 4.69) is 10.6 Å². The van der Waals surface area contributed by atoms with E-state index in [9.17, 15) is 9.59 Å². The van der Waals surface area contributed by atoms with Gasteiger partial charge >= 0.3 is 0 Å². The van der Waals surface area contributed by atoms with Crippen LogP contribution in [0.1, 0.15) is 35.7 Å². The van der Waals surface area contributed by atoms with Crippen molar-refractivity contribution >= 4 is 17.5 Å². The summed E-state index contributed by atoms with van der Waals surface area (Å²) < 4.78 is 0. The molecular weight excluding hydrogens is 242 g/mol. The molecule has 0 spiro atoms. The lowest BCUT2D eigenvalue weighted by atomic mass is 10.1. The van der Waals surface area contributed by atoms with E-state index in [1.807, 2.05) is 19.9 Å². The van der Waals surface area contributed by atoms with Crippen molar-refractivity contribution in [3.63, 3.8) is 0 Å². The van der Waals surface area contributed by atoms with Crippen molar-refractivity contribution < 1.29 is 9.59 Å². The van der Waals surface area contributed by atoms with Crippen LogP contribution in [0.25, 0.3) is 0 Å². The Labute approximate surface area is 113 Å². The highest BCUT2D eigenvalue weighted by atomic mass is 16.2. The lowest BCUT2D eigenvalue weighted by Crippen LogP contribution is -2.36. The number of anilines is 1. The third-order valence-electron chi connectivity index (χ3n) is 2.84. The zero-order valence-electron chi connectivity index (χ0n) is 11.6. The zero-order valence-corrected chi connectivity index (χ0v) is 11.6. The van der Waals surface area contributed by atoms with E-state index in [0.29, 0.717) is 17.7 Å². The first-order valence-electron chi connectivity index (χ1n) is 6.38. The molecule has 5 heteroatoms. The average molecular weight is 263 g/mol. The molecular formula is C14H21N3O2. The molecule has 0 saturated carbocycles. The van der Waals surface area contributed by atoms with Crippen LogP contribution in [0.15, 0.2) is 18.2 Å². The van der Waals surface area contributed by atoms with E-state index < -0.39 is 6.04 Å². The van der Waals surface area contributed by atoms with E-state index in [0.717, 1.165) is 12.0 Å². The van der Waals surface area contributed by atoms with Gasteiger partial charge in [-0.05, 0) is 25.5 Å². The Morgan fingerprint density at radius 2 is 2.05 bits per heavy atom. The van der Waals surface area contributed by atoms with Crippen molar-refractivity contribution in [1.82, 2.24) is 5.32 Å². The van der Waals surface area contributed by atoms with Crippen LogP contribution in [-0.2, 0) is 4.79 Å². The van der Waals surface area contributed by atoms with Crippen molar-refractivity contribution in [2.75, 3.05) is 12.4 Å². The Bertz CT molecular complexity index is 472. The number of carbonyl (C=O) groups excluding carboxylic acids is 2. The quantitative estimate of drug-likeness (QED) is 0.751. The van der Waals surface area contributed by atoms with E-state index in [-0.39, 0.29) is 11.8 Å². The number of hydrogen-bond donors (Lipinski definition) is 3. The number of hydrogen-bond acceptors (Lipinski definition) is 3. The molecule has 0 heterocycles. The van der Waals surface area contributed by atoms with Gasteiger partial charge in [0.25, 0.3) is 5.91 Å². The number of aryl methyl sites for hydroxylation is 1. The second-order valence-corrected chi connectivity index (χ2v) is 4.51. The highest BCUT2D eigenvalue weighted by Crippen LogP contribution is 2.17. The van der Waals surface area contributed by atoms with Gasteiger partial charge in [0.05, 0.1) is 17.3 Å². The topological polar surface area (TPSA) is 84.2 Å². The average Bonchev–Trinajstić information content (AvgIpc) is 2.40. The number of carbonyl (C=O) groups is 2. The Hall–Kier alpha value is -1.88. The molecule has 0 aromatic heterocycles. The minimum Gasteiger partial charge on any atom is -0.355 e. The predicted octanol–water partition coefficient (Wildman–Crippen LogP) is 1.42. The maximum absolute atomic E-state index is 11.9. The predicted molar refractivity (Wildman–Crippen MR) is 76.1 cm³/mol. The van der Waals surface area contributed by atoms with Crippen LogP contribution in [0.3, 0.4) is 0 Å². The summed E-state index contributed by atoms with van der Waals surface area (Å²) in [5.74, 6) is -0.501. The third-order valence-corrected chi connectivity index (χ3v) is 2.84. The molecule has 19 heavy (non-hydrogen) atoms. The molecule has 0 saturated heterocycles. The van der Waals surface area contributed by atoms with Gasteiger partial charge in [0, 0.05) is 7.05 Å². The minimum atomic E-state index is -0.552. The Morgan fingerprint density at radius 3 is 2.63 bits per heavy atom. The number of amides is 2. The van der Waals surface area contributed by atoms with Gasteiger partial charge in [0.1, 0.15) is 0 Å². The van der Waals surface area contributed by atoms with Gasteiger partial charge in [-0.25, -0.2) is 0 Å². The number of rotatable bonds is 5. The first kappa shape index (κ1) is 15.2. The van der Waals surface area contributed by atoms with Crippen molar-refractivity contribution in [2.24, 2.45) is 5.73 Å². The van der Waals surface area contributed by atoms with E-state index in [1.165, 1.54) is 0 Å². The summed E-state index contributed by atoms with van der Waals surface area (Å²) in [6, 6.07) is 4.74. The summed E-state index contributed by atoms with van der Waals surface area (Å²) in [5.41, 5.74) is 7.64. The molecule has 0 fully saturated rings. The van der Waals surface area contributed by atoms with Gasteiger partial charge in [-0.1, -0.05) is 25.0 Å². The van der Waals surface area contributed by atoms with Crippen molar-refractivity contribution in [2.45, 2.75) is 32.7 Å². The van der Waals surface area contributed by atoms with Crippen LogP contribution in [-0.4, -0.2) is 24.9 Å². The second kappa shape index (κ2) is 6.89. The third kappa shape index (κ3) is 4.06. The van der Waals surface area contributed by atoms with Gasteiger partial charge in [-0.15, -0.1) is 0 Å². The minimum absolute atomic E-state index is 0.233. The molecule has 1 rings (SSSR count). The van der Waals surface area contributed by atoms with Gasteiger partial charge in [0.15, 0.2) is 0 Å². The Kier molecular flexibility index (Phi) is 5.51. The van der Waals surface area contributed by atoms with Gasteiger partial charge in [-0.2, -0.15) is 0 Å². The summed E-state index contributed by atoms with van der Waals surface area (Å²) in [6.07, 6.45) is 1.46. The van der Waals surface area contributed by atoms with Crippen LogP contribution in [0, 0.1) is 6.92 Å². The smallest absolute Gasteiger partial charge is 0.253 e. The zero-order chi connectivity index (χ0) is 14.4.